The highest BCUT2D eigenvalue weighted by atomic mass is 35.5. The minimum atomic E-state index is -1.02. The third-order valence-corrected chi connectivity index (χ3v) is 2.75. The molecule has 0 aromatic heterocycles. The first-order chi connectivity index (χ1) is 8.56. The number of carboxylic acid groups (broad SMARTS) is 1. The quantitative estimate of drug-likeness (QED) is 0.903. The maximum absolute atomic E-state index is 10.8. The Hall–Kier alpha value is -1.71. The summed E-state index contributed by atoms with van der Waals surface area (Å²) in [5.41, 5.74) is 0.144. The molecule has 92 valence electrons. The molecule has 0 bridgehead atoms. The van der Waals surface area contributed by atoms with Crippen LogP contribution in [0.25, 0.3) is 0 Å². The molecule has 2 aromatic carbocycles. The van der Waals surface area contributed by atoms with Crippen LogP contribution in [0, 0.1) is 0 Å². The molecule has 0 aliphatic heterocycles. The molecule has 0 spiro atoms. The molecule has 5 heteroatoms. The van der Waals surface area contributed by atoms with E-state index in [0.29, 0.717) is 21.5 Å². The number of rotatable bonds is 3. The molecule has 1 N–H and O–H groups in total. The Morgan fingerprint density at radius 1 is 1.11 bits per heavy atom. The van der Waals surface area contributed by atoms with Gasteiger partial charge in [0, 0.05) is 11.1 Å². The van der Waals surface area contributed by atoms with Crippen LogP contribution in [0.5, 0.6) is 11.5 Å². The average molecular weight is 283 g/mol. The molecule has 0 unspecified atom stereocenters. The lowest BCUT2D eigenvalue weighted by atomic mass is 10.2. The monoisotopic (exact) mass is 282 g/mol. The fraction of sp³-hybridized carbons (Fsp3) is 0. The molecular weight excluding hydrogens is 275 g/mol. The third-order valence-electron chi connectivity index (χ3n) is 2.20. The van der Waals surface area contributed by atoms with Gasteiger partial charge >= 0.3 is 5.97 Å². The molecule has 3 nitrogen and oxygen atoms in total. The van der Waals surface area contributed by atoms with Gasteiger partial charge in [0.1, 0.15) is 11.5 Å². The summed E-state index contributed by atoms with van der Waals surface area (Å²) in [6.45, 7) is 0. The predicted octanol–water partition coefficient (Wildman–Crippen LogP) is 4.48. The van der Waals surface area contributed by atoms with Gasteiger partial charge in [-0.1, -0.05) is 29.3 Å². The van der Waals surface area contributed by atoms with Crippen LogP contribution in [-0.2, 0) is 0 Å². The average Bonchev–Trinajstić information content (AvgIpc) is 2.34. The fourth-order valence-electron chi connectivity index (χ4n) is 1.37. The number of aromatic carboxylic acids is 1. The first kappa shape index (κ1) is 12.7. The van der Waals surface area contributed by atoms with Crippen molar-refractivity contribution in [2.45, 2.75) is 0 Å². The van der Waals surface area contributed by atoms with Gasteiger partial charge in [-0.25, -0.2) is 4.79 Å². The summed E-state index contributed by atoms with van der Waals surface area (Å²) in [5, 5.41) is 9.76. The van der Waals surface area contributed by atoms with Gasteiger partial charge < -0.3 is 9.84 Å². The van der Waals surface area contributed by atoms with Gasteiger partial charge in [-0.05, 0) is 30.3 Å². The van der Waals surface area contributed by atoms with Gasteiger partial charge in [0.15, 0.2) is 0 Å². The molecule has 0 aliphatic carbocycles. The number of benzene rings is 2. The smallest absolute Gasteiger partial charge is 0.335 e. The van der Waals surface area contributed by atoms with Crippen molar-refractivity contribution in [2.75, 3.05) is 0 Å². The highest BCUT2D eigenvalue weighted by molar-refractivity contribution is 6.34. The van der Waals surface area contributed by atoms with E-state index in [9.17, 15) is 4.79 Å². The number of carbonyl (C=O) groups is 1. The number of hydrogen-bond donors (Lipinski definition) is 1. The fourth-order valence-corrected chi connectivity index (χ4v) is 1.69. The van der Waals surface area contributed by atoms with Crippen molar-refractivity contribution in [2.24, 2.45) is 0 Å². The molecule has 0 saturated heterocycles. The Bertz CT molecular complexity index is 597. The second-order valence-corrected chi connectivity index (χ2v) is 4.35. The molecule has 0 atom stereocenters. The van der Waals surface area contributed by atoms with E-state index in [4.69, 9.17) is 33.0 Å². The molecule has 0 heterocycles. The maximum Gasteiger partial charge on any atom is 0.335 e. The molecule has 0 saturated carbocycles. The van der Waals surface area contributed by atoms with Crippen molar-refractivity contribution in [1.82, 2.24) is 0 Å². The summed E-state index contributed by atoms with van der Waals surface area (Å²) in [7, 11) is 0. The zero-order chi connectivity index (χ0) is 13.1. The second kappa shape index (κ2) is 5.29. The van der Waals surface area contributed by atoms with Crippen molar-refractivity contribution in [3.63, 3.8) is 0 Å². The topological polar surface area (TPSA) is 46.5 Å². The predicted molar refractivity (Wildman–Crippen MR) is 69.9 cm³/mol. The summed E-state index contributed by atoms with van der Waals surface area (Å²) < 4.78 is 5.50. The van der Waals surface area contributed by atoms with E-state index in [1.807, 2.05) is 0 Å². The summed E-state index contributed by atoms with van der Waals surface area (Å²) in [6.07, 6.45) is 0. The Morgan fingerprint density at radius 3 is 2.61 bits per heavy atom. The lowest BCUT2D eigenvalue weighted by molar-refractivity contribution is 0.0696. The molecule has 0 radical (unpaired) electrons. The Kier molecular flexibility index (Phi) is 3.75. The van der Waals surface area contributed by atoms with Crippen molar-refractivity contribution in [3.05, 3.63) is 58.1 Å². The SMILES string of the molecule is O=C(O)c1cccc(Oc2cc(Cl)ccc2Cl)c1. The molecule has 2 aromatic rings. The first-order valence-corrected chi connectivity index (χ1v) is 5.78. The Balaban J connectivity index is 2.31. The van der Waals surface area contributed by atoms with Crippen LogP contribution in [-0.4, -0.2) is 11.1 Å². The minimum absolute atomic E-state index is 0.144. The van der Waals surface area contributed by atoms with Crippen LogP contribution in [0.1, 0.15) is 10.4 Å². The van der Waals surface area contributed by atoms with Gasteiger partial charge in [0.05, 0.1) is 10.6 Å². The van der Waals surface area contributed by atoms with E-state index in [2.05, 4.69) is 0 Å². The standard InChI is InChI=1S/C13H8Cl2O3/c14-9-4-5-11(15)12(7-9)18-10-3-1-2-8(6-10)13(16)17/h1-7H,(H,16,17). The summed E-state index contributed by atoms with van der Waals surface area (Å²) in [4.78, 5) is 10.8. The van der Waals surface area contributed by atoms with Gasteiger partial charge in [0.2, 0.25) is 0 Å². The zero-order valence-corrected chi connectivity index (χ0v) is 10.6. The molecule has 18 heavy (non-hydrogen) atoms. The number of hydrogen-bond acceptors (Lipinski definition) is 2. The van der Waals surface area contributed by atoms with E-state index in [1.54, 1.807) is 30.3 Å². The van der Waals surface area contributed by atoms with Gasteiger partial charge in [-0.3, -0.25) is 0 Å². The molecular formula is C13H8Cl2O3. The van der Waals surface area contributed by atoms with Crippen LogP contribution in [0.4, 0.5) is 0 Å². The first-order valence-electron chi connectivity index (χ1n) is 5.02. The van der Waals surface area contributed by atoms with Gasteiger partial charge in [-0.15, -0.1) is 0 Å². The Morgan fingerprint density at radius 2 is 1.89 bits per heavy atom. The van der Waals surface area contributed by atoms with Crippen LogP contribution in [0.3, 0.4) is 0 Å². The second-order valence-electron chi connectivity index (χ2n) is 3.51. The molecule has 0 fully saturated rings. The van der Waals surface area contributed by atoms with Crippen LogP contribution in [0.2, 0.25) is 10.0 Å². The van der Waals surface area contributed by atoms with Crippen LogP contribution in [0.15, 0.2) is 42.5 Å². The molecule has 0 aliphatic rings. The van der Waals surface area contributed by atoms with E-state index in [1.165, 1.54) is 12.1 Å². The van der Waals surface area contributed by atoms with Gasteiger partial charge in [-0.2, -0.15) is 0 Å². The summed E-state index contributed by atoms with van der Waals surface area (Å²) in [6, 6.07) is 11.0. The lowest BCUT2D eigenvalue weighted by Gasteiger charge is -2.08. The largest absolute Gasteiger partial charge is 0.478 e. The maximum atomic E-state index is 10.8. The van der Waals surface area contributed by atoms with E-state index in [0.717, 1.165) is 0 Å². The number of ether oxygens (including phenoxy) is 1. The van der Waals surface area contributed by atoms with Crippen molar-refractivity contribution < 1.29 is 14.6 Å². The number of halogens is 2. The summed E-state index contributed by atoms with van der Waals surface area (Å²) >= 11 is 11.8. The zero-order valence-electron chi connectivity index (χ0n) is 9.06. The summed E-state index contributed by atoms with van der Waals surface area (Å²) in [5.74, 6) is -0.247. The Labute approximate surface area is 114 Å². The highest BCUT2D eigenvalue weighted by Gasteiger charge is 2.07. The van der Waals surface area contributed by atoms with Crippen LogP contribution >= 0.6 is 23.2 Å². The normalized spacial score (nSPS) is 10.1. The lowest BCUT2D eigenvalue weighted by Crippen LogP contribution is -1.96. The third kappa shape index (κ3) is 2.94. The highest BCUT2D eigenvalue weighted by Crippen LogP contribution is 2.32. The van der Waals surface area contributed by atoms with Gasteiger partial charge in [0.25, 0.3) is 0 Å². The number of carboxylic acids is 1. The molecule has 2 rings (SSSR count). The van der Waals surface area contributed by atoms with Crippen molar-refractivity contribution in [1.29, 1.82) is 0 Å². The van der Waals surface area contributed by atoms with Crippen molar-refractivity contribution >= 4 is 29.2 Å². The van der Waals surface area contributed by atoms with E-state index >= 15 is 0 Å². The molecule has 0 amide bonds. The minimum Gasteiger partial charge on any atom is -0.478 e. The van der Waals surface area contributed by atoms with Crippen LogP contribution < -0.4 is 4.74 Å². The van der Waals surface area contributed by atoms with E-state index in [-0.39, 0.29) is 5.56 Å². The van der Waals surface area contributed by atoms with E-state index < -0.39 is 5.97 Å². The van der Waals surface area contributed by atoms with Crippen molar-refractivity contribution in [3.8, 4) is 11.5 Å².